The number of thioether (sulfide) groups is 1. The summed E-state index contributed by atoms with van der Waals surface area (Å²) in [6.07, 6.45) is 1.40. The maximum atomic E-state index is 3.57. The van der Waals surface area contributed by atoms with E-state index in [4.69, 9.17) is 0 Å². The maximum absolute atomic E-state index is 3.57. The van der Waals surface area contributed by atoms with Gasteiger partial charge in [-0.05, 0) is 54.3 Å². The number of hydrogen-bond acceptors (Lipinski definition) is 3. The first-order chi connectivity index (χ1) is 6.86. The summed E-state index contributed by atoms with van der Waals surface area (Å²) in [5, 5.41) is 5.75. The van der Waals surface area contributed by atoms with Gasteiger partial charge in [-0.25, -0.2) is 0 Å². The molecule has 1 nitrogen and oxygen atoms in total. The molecule has 3 heteroatoms. The number of nitrogens with one attached hydrogen (secondary N) is 1. The molecule has 0 aliphatic carbocycles. The van der Waals surface area contributed by atoms with Gasteiger partial charge in [0.05, 0.1) is 0 Å². The van der Waals surface area contributed by atoms with E-state index < -0.39 is 0 Å². The van der Waals surface area contributed by atoms with Crippen LogP contribution in [0.5, 0.6) is 0 Å². The summed E-state index contributed by atoms with van der Waals surface area (Å²) in [6.45, 7) is 4.45. The van der Waals surface area contributed by atoms with Gasteiger partial charge in [0.1, 0.15) is 0 Å². The van der Waals surface area contributed by atoms with Gasteiger partial charge in [-0.2, -0.15) is 11.8 Å². The van der Waals surface area contributed by atoms with Crippen molar-refractivity contribution in [1.29, 1.82) is 0 Å². The van der Waals surface area contributed by atoms with Crippen LogP contribution in [0.2, 0.25) is 0 Å². The monoisotopic (exact) mass is 227 g/mol. The van der Waals surface area contributed by atoms with Crippen LogP contribution in [0.15, 0.2) is 11.4 Å². The van der Waals surface area contributed by atoms with E-state index in [1.807, 2.05) is 11.3 Å². The first-order valence-electron chi connectivity index (χ1n) is 5.17. The van der Waals surface area contributed by atoms with Crippen molar-refractivity contribution in [3.05, 3.63) is 21.9 Å². The highest BCUT2D eigenvalue weighted by molar-refractivity contribution is 7.99. The van der Waals surface area contributed by atoms with E-state index in [9.17, 15) is 0 Å². The van der Waals surface area contributed by atoms with Crippen molar-refractivity contribution in [2.24, 2.45) is 5.92 Å². The predicted octanol–water partition coefficient (Wildman–Crippen LogP) is 2.90. The van der Waals surface area contributed by atoms with E-state index in [-0.39, 0.29) is 0 Å². The minimum Gasteiger partial charge on any atom is -0.312 e. The molecular formula is C11H17NS2. The second kappa shape index (κ2) is 5.19. The highest BCUT2D eigenvalue weighted by atomic mass is 32.2. The van der Waals surface area contributed by atoms with Crippen LogP contribution in [0, 0.1) is 12.8 Å². The van der Waals surface area contributed by atoms with Gasteiger partial charge < -0.3 is 5.32 Å². The van der Waals surface area contributed by atoms with Crippen LogP contribution in [-0.4, -0.2) is 18.1 Å². The van der Waals surface area contributed by atoms with Crippen LogP contribution in [-0.2, 0) is 6.54 Å². The van der Waals surface area contributed by atoms with Gasteiger partial charge in [-0.3, -0.25) is 0 Å². The molecule has 1 aliphatic heterocycles. The Bertz CT molecular complexity index is 277. The second-order valence-electron chi connectivity index (χ2n) is 3.89. The van der Waals surface area contributed by atoms with Crippen molar-refractivity contribution in [2.45, 2.75) is 19.9 Å². The molecule has 0 saturated carbocycles. The Labute approximate surface area is 94.3 Å². The topological polar surface area (TPSA) is 12.0 Å². The fourth-order valence-corrected chi connectivity index (χ4v) is 3.88. The van der Waals surface area contributed by atoms with Crippen molar-refractivity contribution in [1.82, 2.24) is 5.32 Å². The van der Waals surface area contributed by atoms with Crippen LogP contribution < -0.4 is 5.32 Å². The Kier molecular flexibility index (Phi) is 3.90. The summed E-state index contributed by atoms with van der Waals surface area (Å²) in [6, 6.07) is 2.20. The first-order valence-corrected chi connectivity index (χ1v) is 7.21. The normalized spacial score (nSPS) is 21.6. The zero-order valence-corrected chi connectivity index (χ0v) is 10.2. The second-order valence-corrected chi connectivity index (χ2v) is 6.04. The Balaban J connectivity index is 1.70. The largest absolute Gasteiger partial charge is 0.312 e. The highest BCUT2D eigenvalue weighted by Gasteiger charge is 2.14. The predicted molar refractivity (Wildman–Crippen MR) is 66.2 cm³/mol. The molecule has 0 radical (unpaired) electrons. The van der Waals surface area contributed by atoms with Gasteiger partial charge in [-0.15, -0.1) is 11.3 Å². The molecule has 2 rings (SSSR count). The molecule has 0 bridgehead atoms. The highest BCUT2D eigenvalue weighted by Crippen LogP contribution is 2.22. The van der Waals surface area contributed by atoms with E-state index in [0.29, 0.717) is 0 Å². The van der Waals surface area contributed by atoms with Crippen LogP contribution in [0.1, 0.15) is 16.9 Å². The zero-order chi connectivity index (χ0) is 9.80. The van der Waals surface area contributed by atoms with Crippen LogP contribution >= 0.6 is 23.1 Å². The van der Waals surface area contributed by atoms with Crippen molar-refractivity contribution in [3.8, 4) is 0 Å². The van der Waals surface area contributed by atoms with Gasteiger partial charge in [-0.1, -0.05) is 0 Å². The summed E-state index contributed by atoms with van der Waals surface area (Å²) in [7, 11) is 0. The van der Waals surface area contributed by atoms with E-state index >= 15 is 0 Å². The minimum atomic E-state index is 0.917. The summed E-state index contributed by atoms with van der Waals surface area (Å²) in [5.74, 6) is 3.64. The lowest BCUT2D eigenvalue weighted by Crippen LogP contribution is -2.22. The zero-order valence-electron chi connectivity index (χ0n) is 8.58. The minimum absolute atomic E-state index is 0.917. The Morgan fingerprint density at radius 1 is 1.57 bits per heavy atom. The summed E-state index contributed by atoms with van der Waals surface area (Å²) in [4.78, 5) is 1.50. The molecule has 1 aromatic rings. The molecule has 78 valence electrons. The fraction of sp³-hybridized carbons (Fsp3) is 0.636. The Morgan fingerprint density at radius 3 is 3.14 bits per heavy atom. The maximum Gasteiger partial charge on any atom is 0.0302 e. The smallest absolute Gasteiger partial charge is 0.0302 e. The van der Waals surface area contributed by atoms with Gasteiger partial charge in [0.15, 0.2) is 0 Å². The molecule has 2 heterocycles. The van der Waals surface area contributed by atoms with E-state index in [2.05, 4.69) is 35.4 Å². The molecule has 1 N–H and O–H groups in total. The third-order valence-corrected chi connectivity index (χ3v) is 4.97. The molecule has 0 spiro atoms. The molecule has 1 saturated heterocycles. The molecule has 1 atom stereocenters. The number of thiophene rings is 1. The third kappa shape index (κ3) is 2.75. The Morgan fingerprint density at radius 2 is 2.50 bits per heavy atom. The number of aryl methyl sites for hydroxylation is 1. The lowest BCUT2D eigenvalue weighted by Gasteiger charge is -2.09. The molecule has 14 heavy (non-hydrogen) atoms. The van der Waals surface area contributed by atoms with Gasteiger partial charge >= 0.3 is 0 Å². The molecular weight excluding hydrogens is 210 g/mol. The lowest BCUT2D eigenvalue weighted by molar-refractivity contribution is 0.525. The van der Waals surface area contributed by atoms with E-state index in [1.54, 1.807) is 0 Å². The number of hydrogen-bond donors (Lipinski definition) is 1. The van der Waals surface area contributed by atoms with Crippen LogP contribution in [0.4, 0.5) is 0 Å². The lowest BCUT2D eigenvalue weighted by atomic mass is 10.1. The first kappa shape index (κ1) is 10.5. The average Bonchev–Trinajstić information content (AvgIpc) is 2.78. The van der Waals surface area contributed by atoms with Crippen LogP contribution in [0.25, 0.3) is 0 Å². The standard InChI is InChI=1S/C11H17NS2/c1-9-2-5-14-11(9)7-12-6-10-3-4-13-8-10/h2,5,10,12H,3-4,6-8H2,1H3. The summed E-state index contributed by atoms with van der Waals surface area (Å²) >= 11 is 3.96. The molecule has 1 fully saturated rings. The quantitative estimate of drug-likeness (QED) is 0.849. The van der Waals surface area contributed by atoms with Crippen LogP contribution in [0.3, 0.4) is 0 Å². The van der Waals surface area contributed by atoms with Gasteiger partial charge in [0.25, 0.3) is 0 Å². The molecule has 0 amide bonds. The fourth-order valence-electron chi connectivity index (χ4n) is 1.72. The van der Waals surface area contributed by atoms with Crippen molar-refractivity contribution in [2.75, 3.05) is 18.1 Å². The Hall–Kier alpha value is 0.01000. The third-order valence-electron chi connectivity index (χ3n) is 2.71. The molecule has 0 aromatic carbocycles. The SMILES string of the molecule is Cc1ccsc1CNCC1CCSC1. The van der Waals surface area contributed by atoms with E-state index in [1.165, 1.54) is 34.9 Å². The van der Waals surface area contributed by atoms with Crippen molar-refractivity contribution >= 4 is 23.1 Å². The van der Waals surface area contributed by atoms with Crippen molar-refractivity contribution in [3.63, 3.8) is 0 Å². The average molecular weight is 227 g/mol. The summed E-state index contributed by atoms with van der Waals surface area (Å²) < 4.78 is 0. The van der Waals surface area contributed by atoms with Gasteiger partial charge in [0, 0.05) is 11.4 Å². The number of rotatable bonds is 4. The molecule has 1 unspecified atom stereocenters. The van der Waals surface area contributed by atoms with Crippen molar-refractivity contribution < 1.29 is 0 Å². The van der Waals surface area contributed by atoms with Gasteiger partial charge in [0.2, 0.25) is 0 Å². The van der Waals surface area contributed by atoms with E-state index in [0.717, 1.165) is 12.5 Å². The molecule has 1 aromatic heterocycles. The summed E-state index contributed by atoms with van der Waals surface area (Å²) in [5.41, 5.74) is 1.43. The molecule has 1 aliphatic rings.